The van der Waals surface area contributed by atoms with Crippen molar-refractivity contribution in [3.05, 3.63) is 36.2 Å². The van der Waals surface area contributed by atoms with E-state index in [1.165, 1.54) is 11.0 Å². The molecule has 4 rings (SSSR count). The largest absolute Gasteiger partial charge is 0.393 e. The number of aliphatic hydroxyl groups is 1. The molecule has 1 saturated carbocycles. The van der Waals surface area contributed by atoms with Crippen molar-refractivity contribution in [2.24, 2.45) is 0 Å². The Morgan fingerprint density at radius 2 is 2.07 bits per heavy atom. The molecule has 1 aliphatic rings. The minimum atomic E-state index is -0.292. The number of hydrogen-bond donors (Lipinski definition) is 3. The van der Waals surface area contributed by atoms with Crippen LogP contribution in [0.1, 0.15) is 43.0 Å². The minimum absolute atomic E-state index is 0.212. The SMILES string of the molecule is CCn1ncc(NC(=O)c2cccc3cnc(NC4CCC(O)CC4)nc23)n1. The zero-order valence-corrected chi connectivity index (χ0v) is 15.7. The molecule has 1 fully saturated rings. The van der Waals surface area contributed by atoms with Gasteiger partial charge in [-0.3, -0.25) is 4.79 Å². The highest BCUT2D eigenvalue weighted by molar-refractivity contribution is 6.11. The van der Waals surface area contributed by atoms with Gasteiger partial charge in [0, 0.05) is 17.6 Å². The minimum Gasteiger partial charge on any atom is -0.393 e. The van der Waals surface area contributed by atoms with E-state index in [1.807, 2.05) is 13.0 Å². The predicted octanol–water partition coefficient (Wildman–Crippen LogP) is 2.21. The van der Waals surface area contributed by atoms with E-state index in [0.29, 0.717) is 29.4 Å². The molecule has 1 aromatic carbocycles. The number of carbonyl (C=O) groups excluding carboxylic acids is 1. The van der Waals surface area contributed by atoms with Gasteiger partial charge < -0.3 is 15.7 Å². The molecule has 9 heteroatoms. The average Bonchev–Trinajstić information content (AvgIpc) is 3.16. The lowest BCUT2D eigenvalue weighted by Gasteiger charge is -2.26. The Kier molecular flexibility index (Phi) is 5.16. The molecule has 28 heavy (non-hydrogen) atoms. The van der Waals surface area contributed by atoms with Crippen molar-refractivity contribution >= 4 is 28.6 Å². The van der Waals surface area contributed by atoms with Crippen molar-refractivity contribution in [3.8, 4) is 0 Å². The number of carbonyl (C=O) groups is 1. The van der Waals surface area contributed by atoms with Gasteiger partial charge in [-0.05, 0) is 38.7 Å². The lowest BCUT2D eigenvalue weighted by atomic mass is 9.93. The molecule has 146 valence electrons. The number of benzene rings is 1. The van der Waals surface area contributed by atoms with Crippen LogP contribution in [-0.2, 0) is 6.54 Å². The smallest absolute Gasteiger partial charge is 0.259 e. The van der Waals surface area contributed by atoms with E-state index < -0.39 is 0 Å². The summed E-state index contributed by atoms with van der Waals surface area (Å²) >= 11 is 0. The Morgan fingerprint density at radius 1 is 1.25 bits per heavy atom. The number of fused-ring (bicyclic) bond motifs is 1. The second-order valence-electron chi connectivity index (χ2n) is 6.96. The summed E-state index contributed by atoms with van der Waals surface area (Å²) in [6, 6.07) is 5.64. The van der Waals surface area contributed by atoms with E-state index in [-0.39, 0.29) is 18.1 Å². The fraction of sp³-hybridized carbons (Fsp3) is 0.421. The van der Waals surface area contributed by atoms with E-state index >= 15 is 0 Å². The number of amides is 1. The number of nitrogens with zero attached hydrogens (tertiary/aromatic N) is 5. The highest BCUT2D eigenvalue weighted by Gasteiger charge is 2.20. The van der Waals surface area contributed by atoms with Crippen molar-refractivity contribution in [1.82, 2.24) is 25.0 Å². The van der Waals surface area contributed by atoms with Crippen molar-refractivity contribution in [2.75, 3.05) is 10.6 Å². The van der Waals surface area contributed by atoms with E-state index in [0.717, 1.165) is 31.1 Å². The Bertz CT molecular complexity index is 979. The fourth-order valence-electron chi connectivity index (χ4n) is 3.40. The summed E-state index contributed by atoms with van der Waals surface area (Å²) in [5, 5.41) is 24.8. The van der Waals surface area contributed by atoms with Crippen LogP contribution in [0, 0.1) is 0 Å². The molecule has 3 aromatic rings. The van der Waals surface area contributed by atoms with Crippen LogP contribution >= 0.6 is 0 Å². The van der Waals surface area contributed by atoms with Gasteiger partial charge in [-0.2, -0.15) is 9.90 Å². The molecule has 3 N–H and O–H groups in total. The first kappa shape index (κ1) is 18.3. The van der Waals surface area contributed by atoms with Crippen LogP contribution < -0.4 is 10.6 Å². The normalized spacial score (nSPS) is 19.5. The van der Waals surface area contributed by atoms with Gasteiger partial charge in [-0.25, -0.2) is 9.97 Å². The van der Waals surface area contributed by atoms with E-state index in [9.17, 15) is 9.90 Å². The quantitative estimate of drug-likeness (QED) is 0.620. The van der Waals surface area contributed by atoms with Crippen LogP contribution in [0.2, 0.25) is 0 Å². The summed E-state index contributed by atoms with van der Waals surface area (Å²) in [7, 11) is 0. The van der Waals surface area contributed by atoms with Gasteiger partial charge in [-0.15, -0.1) is 5.10 Å². The van der Waals surface area contributed by atoms with Gasteiger partial charge in [0.15, 0.2) is 5.82 Å². The van der Waals surface area contributed by atoms with Crippen molar-refractivity contribution < 1.29 is 9.90 Å². The first-order valence-corrected chi connectivity index (χ1v) is 9.54. The van der Waals surface area contributed by atoms with Gasteiger partial charge in [0.2, 0.25) is 5.95 Å². The highest BCUT2D eigenvalue weighted by atomic mass is 16.3. The second kappa shape index (κ2) is 7.89. The van der Waals surface area contributed by atoms with Crippen LogP contribution in [0.15, 0.2) is 30.6 Å². The topological polar surface area (TPSA) is 118 Å². The summed E-state index contributed by atoms with van der Waals surface area (Å²) < 4.78 is 0. The molecular formula is C19H23N7O2. The number of aromatic nitrogens is 5. The Balaban J connectivity index is 1.56. The molecule has 0 radical (unpaired) electrons. The maximum Gasteiger partial charge on any atom is 0.259 e. The summed E-state index contributed by atoms with van der Waals surface area (Å²) in [5.74, 6) is 0.599. The van der Waals surface area contributed by atoms with E-state index in [1.54, 1.807) is 18.3 Å². The third kappa shape index (κ3) is 3.94. The molecule has 0 bridgehead atoms. The monoisotopic (exact) mass is 381 g/mol. The Morgan fingerprint density at radius 3 is 2.82 bits per heavy atom. The van der Waals surface area contributed by atoms with Gasteiger partial charge in [-0.1, -0.05) is 12.1 Å². The summed E-state index contributed by atoms with van der Waals surface area (Å²) in [6.45, 7) is 2.55. The average molecular weight is 381 g/mol. The fourth-order valence-corrected chi connectivity index (χ4v) is 3.40. The zero-order valence-electron chi connectivity index (χ0n) is 15.7. The van der Waals surface area contributed by atoms with Crippen LogP contribution in [0.3, 0.4) is 0 Å². The molecule has 1 amide bonds. The number of hydrogen-bond acceptors (Lipinski definition) is 7. The maximum absolute atomic E-state index is 12.8. The number of anilines is 2. The standard InChI is InChI=1S/C19H23N7O2/c1-2-26-21-11-16(25-26)23-18(28)15-5-3-4-12-10-20-19(24-17(12)15)22-13-6-8-14(27)9-7-13/h3-5,10-11,13-14,27H,2,6-9H2,1H3,(H,20,22,24)(H,23,25,28). The van der Waals surface area contributed by atoms with E-state index in [4.69, 9.17) is 0 Å². The summed E-state index contributed by atoms with van der Waals surface area (Å²) in [4.78, 5) is 23.2. The third-order valence-corrected chi connectivity index (χ3v) is 4.95. The molecule has 2 aromatic heterocycles. The first-order chi connectivity index (χ1) is 13.6. The van der Waals surface area contributed by atoms with Crippen LogP contribution in [0.5, 0.6) is 0 Å². The molecule has 0 saturated heterocycles. The van der Waals surface area contributed by atoms with Crippen molar-refractivity contribution in [3.63, 3.8) is 0 Å². The number of aryl methyl sites for hydroxylation is 1. The van der Waals surface area contributed by atoms with Gasteiger partial charge in [0.1, 0.15) is 0 Å². The van der Waals surface area contributed by atoms with E-state index in [2.05, 4.69) is 30.8 Å². The molecule has 2 heterocycles. The van der Waals surface area contributed by atoms with Crippen molar-refractivity contribution in [2.45, 2.75) is 51.3 Å². The molecule has 9 nitrogen and oxygen atoms in total. The van der Waals surface area contributed by atoms with Gasteiger partial charge in [0.05, 0.1) is 29.9 Å². The van der Waals surface area contributed by atoms with Crippen LogP contribution in [0.25, 0.3) is 10.9 Å². The predicted molar refractivity (Wildman–Crippen MR) is 105 cm³/mol. The zero-order chi connectivity index (χ0) is 19.5. The number of nitrogens with one attached hydrogen (secondary N) is 2. The molecule has 0 unspecified atom stereocenters. The number of aliphatic hydroxyl groups excluding tert-OH is 1. The Labute approximate surface area is 162 Å². The highest BCUT2D eigenvalue weighted by Crippen LogP contribution is 2.23. The van der Waals surface area contributed by atoms with Crippen LogP contribution in [0.4, 0.5) is 11.8 Å². The molecular weight excluding hydrogens is 358 g/mol. The van der Waals surface area contributed by atoms with Crippen LogP contribution in [-0.4, -0.2) is 48.1 Å². The lowest BCUT2D eigenvalue weighted by molar-refractivity contribution is 0.102. The number of rotatable bonds is 5. The van der Waals surface area contributed by atoms with Gasteiger partial charge in [0.25, 0.3) is 5.91 Å². The maximum atomic E-state index is 12.8. The van der Waals surface area contributed by atoms with Gasteiger partial charge >= 0.3 is 0 Å². The summed E-state index contributed by atoms with van der Waals surface area (Å²) in [6.07, 6.45) is 6.32. The number of para-hydroxylation sites is 1. The molecule has 0 spiro atoms. The lowest BCUT2D eigenvalue weighted by Crippen LogP contribution is -2.29. The summed E-state index contributed by atoms with van der Waals surface area (Å²) in [5.41, 5.74) is 1.03. The van der Waals surface area contributed by atoms with Crippen molar-refractivity contribution in [1.29, 1.82) is 0 Å². The second-order valence-corrected chi connectivity index (χ2v) is 6.96. The third-order valence-electron chi connectivity index (χ3n) is 4.95. The molecule has 0 aliphatic heterocycles. The first-order valence-electron chi connectivity index (χ1n) is 9.54. The Hall–Kier alpha value is -3.07. The molecule has 1 aliphatic carbocycles. The molecule has 0 atom stereocenters.